The highest BCUT2D eigenvalue weighted by molar-refractivity contribution is 5.78. The van der Waals surface area contributed by atoms with Crippen molar-refractivity contribution >= 4 is 5.91 Å². The van der Waals surface area contributed by atoms with E-state index in [1.165, 1.54) is 17.7 Å². The molecule has 1 saturated heterocycles. The molecule has 26 heavy (non-hydrogen) atoms. The van der Waals surface area contributed by atoms with Gasteiger partial charge < -0.3 is 15.0 Å². The summed E-state index contributed by atoms with van der Waals surface area (Å²) in [5, 5.41) is 3.43. The van der Waals surface area contributed by atoms with Crippen molar-refractivity contribution in [1.29, 1.82) is 0 Å². The molecular formula is C21H25FN2O2. The van der Waals surface area contributed by atoms with Crippen molar-refractivity contribution in [1.82, 2.24) is 10.2 Å². The number of ether oxygens (including phenoxy) is 1. The van der Waals surface area contributed by atoms with Crippen LogP contribution < -0.4 is 10.1 Å². The van der Waals surface area contributed by atoms with Gasteiger partial charge in [0.05, 0.1) is 7.11 Å². The van der Waals surface area contributed by atoms with Crippen molar-refractivity contribution in [2.24, 2.45) is 0 Å². The van der Waals surface area contributed by atoms with E-state index in [2.05, 4.69) is 11.4 Å². The van der Waals surface area contributed by atoms with Crippen LogP contribution in [0.15, 0.2) is 48.5 Å². The molecule has 1 aliphatic heterocycles. The Labute approximate surface area is 154 Å². The van der Waals surface area contributed by atoms with Gasteiger partial charge in [-0.25, -0.2) is 4.39 Å². The molecule has 0 unspecified atom stereocenters. The van der Waals surface area contributed by atoms with E-state index in [-0.39, 0.29) is 17.8 Å². The summed E-state index contributed by atoms with van der Waals surface area (Å²) in [6, 6.07) is 14.7. The van der Waals surface area contributed by atoms with Crippen molar-refractivity contribution in [3.05, 3.63) is 65.5 Å². The standard InChI is InChI=1S/C21H25FN2O2/c1-26-20-7-3-4-16(13-20)14-23-11-10-19-8-9-21(25)24(19)15-17-5-2-6-18(22)12-17/h2-7,12-13,19,23H,8-11,14-15H2,1H3/t19-/m0/s1. The van der Waals surface area contributed by atoms with Crippen LogP contribution in [0.2, 0.25) is 0 Å². The molecule has 2 aromatic rings. The SMILES string of the molecule is COc1cccc(CNCC[C@@H]2CCC(=O)N2Cc2cccc(F)c2)c1. The number of nitrogens with one attached hydrogen (secondary N) is 1. The Morgan fingerprint density at radius 3 is 2.81 bits per heavy atom. The summed E-state index contributed by atoms with van der Waals surface area (Å²) in [4.78, 5) is 14.1. The zero-order chi connectivity index (χ0) is 18.4. The Hall–Kier alpha value is -2.40. The maximum Gasteiger partial charge on any atom is 0.223 e. The summed E-state index contributed by atoms with van der Waals surface area (Å²) in [6.07, 6.45) is 2.34. The largest absolute Gasteiger partial charge is 0.497 e. The van der Waals surface area contributed by atoms with Crippen LogP contribution in [0.1, 0.15) is 30.4 Å². The Morgan fingerprint density at radius 2 is 2.00 bits per heavy atom. The van der Waals surface area contributed by atoms with Gasteiger partial charge in [-0.05, 0) is 54.8 Å². The molecule has 2 aromatic carbocycles. The van der Waals surface area contributed by atoms with E-state index >= 15 is 0 Å². The van der Waals surface area contributed by atoms with E-state index in [9.17, 15) is 9.18 Å². The summed E-state index contributed by atoms with van der Waals surface area (Å²) in [7, 11) is 1.66. The van der Waals surface area contributed by atoms with Gasteiger partial charge in [0.15, 0.2) is 0 Å². The van der Waals surface area contributed by atoms with Gasteiger partial charge in [0.1, 0.15) is 11.6 Å². The number of carbonyl (C=O) groups is 1. The summed E-state index contributed by atoms with van der Waals surface area (Å²) < 4.78 is 18.6. The molecule has 1 fully saturated rings. The van der Waals surface area contributed by atoms with Crippen LogP contribution in [-0.4, -0.2) is 30.5 Å². The highest BCUT2D eigenvalue weighted by atomic mass is 19.1. The van der Waals surface area contributed by atoms with Gasteiger partial charge in [-0.1, -0.05) is 24.3 Å². The average molecular weight is 356 g/mol. The molecule has 4 nitrogen and oxygen atoms in total. The van der Waals surface area contributed by atoms with Crippen molar-refractivity contribution in [3.63, 3.8) is 0 Å². The summed E-state index contributed by atoms with van der Waals surface area (Å²) >= 11 is 0. The van der Waals surface area contributed by atoms with Crippen LogP contribution in [0.4, 0.5) is 4.39 Å². The molecule has 1 amide bonds. The van der Waals surface area contributed by atoms with E-state index in [0.717, 1.165) is 37.2 Å². The number of methoxy groups -OCH3 is 1. The Bertz CT molecular complexity index is 750. The number of hydrogen-bond acceptors (Lipinski definition) is 3. The number of carbonyl (C=O) groups excluding carboxylic acids is 1. The number of nitrogens with zero attached hydrogens (tertiary/aromatic N) is 1. The number of amides is 1. The molecule has 1 N–H and O–H groups in total. The van der Waals surface area contributed by atoms with Gasteiger partial charge >= 0.3 is 0 Å². The third kappa shape index (κ3) is 4.82. The first-order chi connectivity index (χ1) is 12.7. The van der Waals surface area contributed by atoms with Crippen molar-refractivity contribution in [3.8, 4) is 5.75 Å². The summed E-state index contributed by atoms with van der Waals surface area (Å²) in [6.45, 7) is 2.08. The minimum Gasteiger partial charge on any atom is -0.497 e. The topological polar surface area (TPSA) is 41.6 Å². The monoisotopic (exact) mass is 356 g/mol. The van der Waals surface area contributed by atoms with Crippen molar-refractivity contribution in [2.75, 3.05) is 13.7 Å². The molecular weight excluding hydrogens is 331 g/mol. The molecule has 0 aliphatic carbocycles. The molecule has 138 valence electrons. The maximum absolute atomic E-state index is 13.4. The minimum absolute atomic E-state index is 0.159. The number of halogens is 1. The van der Waals surface area contributed by atoms with Gasteiger partial charge in [0, 0.05) is 25.6 Å². The lowest BCUT2D eigenvalue weighted by molar-refractivity contribution is -0.129. The molecule has 0 aromatic heterocycles. The maximum atomic E-state index is 13.4. The van der Waals surface area contributed by atoms with E-state index in [4.69, 9.17) is 4.74 Å². The van der Waals surface area contributed by atoms with Gasteiger partial charge in [0.25, 0.3) is 0 Å². The van der Waals surface area contributed by atoms with Crippen molar-refractivity contribution < 1.29 is 13.9 Å². The molecule has 0 bridgehead atoms. The highest BCUT2D eigenvalue weighted by Gasteiger charge is 2.30. The number of rotatable bonds is 8. The average Bonchev–Trinajstić information content (AvgIpc) is 2.99. The van der Waals surface area contributed by atoms with Crippen molar-refractivity contribution in [2.45, 2.75) is 38.4 Å². The van der Waals surface area contributed by atoms with E-state index in [1.54, 1.807) is 13.2 Å². The summed E-state index contributed by atoms with van der Waals surface area (Å²) in [5.41, 5.74) is 2.01. The second kappa shape index (κ2) is 8.81. The predicted molar refractivity (Wildman–Crippen MR) is 99.3 cm³/mol. The third-order valence-corrected chi connectivity index (χ3v) is 4.81. The van der Waals surface area contributed by atoms with Gasteiger partial charge in [0.2, 0.25) is 5.91 Å². The lowest BCUT2D eigenvalue weighted by Crippen LogP contribution is -2.34. The fourth-order valence-electron chi connectivity index (χ4n) is 3.43. The van der Waals surface area contributed by atoms with Crippen LogP contribution >= 0.6 is 0 Å². The third-order valence-electron chi connectivity index (χ3n) is 4.81. The molecule has 3 rings (SSSR count). The second-order valence-corrected chi connectivity index (χ2v) is 6.66. The lowest BCUT2D eigenvalue weighted by atomic mass is 10.1. The van der Waals surface area contributed by atoms with E-state index in [0.29, 0.717) is 13.0 Å². The van der Waals surface area contributed by atoms with Crippen LogP contribution in [0.25, 0.3) is 0 Å². The molecule has 0 radical (unpaired) electrons. The quantitative estimate of drug-likeness (QED) is 0.736. The van der Waals surface area contributed by atoms with Crippen LogP contribution in [0.5, 0.6) is 5.75 Å². The predicted octanol–water partition coefficient (Wildman–Crippen LogP) is 3.51. The number of hydrogen-bond donors (Lipinski definition) is 1. The second-order valence-electron chi connectivity index (χ2n) is 6.66. The van der Waals surface area contributed by atoms with E-state index < -0.39 is 0 Å². The normalized spacial score (nSPS) is 16.9. The molecule has 0 saturated carbocycles. The lowest BCUT2D eigenvalue weighted by Gasteiger charge is -2.25. The van der Waals surface area contributed by atoms with Crippen LogP contribution in [-0.2, 0) is 17.9 Å². The zero-order valence-electron chi connectivity index (χ0n) is 15.1. The highest BCUT2D eigenvalue weighted by Crippen LogP contribution is 2.24. The minimum atomic E-state index is -0.259. The Kier molecular flexibility index (Phi) is 6.23. The molecule has 0 spiro atoms. The fraction of sp³-hybridized carbons (Fsp3) is 0.381. The number of benzene rings is 2. The summed E-state index contributed by atoms with van der Waals surface area (Å²) in [5.74, 6) is 0.754. The molecule has 1 atom stereocenters. The molecule has 1 heterocycles. The zero-order valence-corrected chi connectivity index (χ0v) is 15.1. The first-order valence-corrected chi connectivity index (χ1v) is 9.03. The molecule has 1 aliphatic rings. The first-order valence-electron chi connectivity index (χ1n) is 9.03. The van der Waals surface area contributed by atoms with Gasteiger partial charge in [-0.3, -0.25) is 4.79 Å². The fourth-order valence-corrected chi connectivity index (χ4v) is 3.43. The van der Waals surface area contributed by atoms with Crippen LogP contribution in [0.3, 0.4) is 0 Å². The van der Waals surface area contributed by atoms with Gasteiger partial charge in [-0.2, -0.15) is 0 Å². The smallest absolute Gasteiger partial charge is 0.223 e. The van der Waals surface area contributed by atoms with Gasteiger partial charge in [-0.15, -0.1) is 0 Å². The first kappa shape index (κ1) is 18.4. The Balaban J connectivity index is 1.49. The van der Waals surface area contributed by atoms with E-state index in [1.807, 2.05) is 29.2 Å². The van der Waals surface area contributed by atoms with Crippen LogP contribution in [0, 0.1) is 5.82 Å². The Morgan fingerprint density at radius 1 is 1.19 bits per heavy atom. The number of likely N-dealkylation sites (tertiary alicyclic amines) is 1. The molecule has 5 heteroatoms.